The van der Waals surface area contributed by atoms with Crippen LogP contribution in [0, 0.1) is 0 Å². The number of aromatic nitrogens is 1. The van der Waals surface area contributed by atoms with Gasteiger partial charge in [0.25, 0.3) is 5.91 Å². The summed E-state index contributed by atoms with van der Waals surface area (Å²) in [6.45, 7) is 0. The molecule has 1 atom stereocenters. The van der Waals surface area contributed by atoms with Gasteiger partial charge >= 0.3 is 13.1 Å². The Hall–Kier alpha value is -3.12. The van der Waals surface area contributed by atoms with Gasteiger partial charge in [-0.1, -0.05) is 17.3 Å². The quantitative estimate of drug-likeness (QED) is 0.245. The van der Waals surface area contributed by atoms with Gasteiger partial charge in [-0.25, -0.2) is 9.78 Å². The first-order valence-corrected chi connectivity index (χ1v) is 9.08. The first kappa shape index (κ1) is 19.6. The molecule has 0 spiro atoms. The van der Waals surface area contributed by atoms with Crippen LogP contribution >= 0.6 is 11.3 Å². The van der Waals surface area contributed by atoms with E-state index in [2.05, 4.69) is 15.5 Å². The van der Waals surface area contributed by atoms with Crippen LogP contribution in [0.25, 0.3) is 0 Å². The zero-order valence-electron chi connectivity index (χ0n) is 15.0. The highest BCUT2D eigenvalue weighted by molar-refractivity contribution is 7.14. The van der Waals surface area contributed by atoms with Crippen molar-refractivity contribution in [3.8, 4) is 5.75 Å². The van der Waals surface area contributed by atoms with Crippen LogP contribution in [0.15, 0.2) is 28.7 Å². The Bertz CT molecular complexity index is 949. The van der Waals surface area contributed by atoms with Crippen molar-refractivity contribution >= 4 is 41.2 Å². The van der Waals surface area contributed by atoms with E-state index in [0.29, 0.717) is 10.7 Å². The van der Waals surface area contributed by atoms with E-state index in [1.54, 1.807) is 24.6 Å². The van der Waals surface area contributed by atoms with Gasteiger partial charge in [0, 0.05) is 19.5 Å². The summed E-state index contributed by atoms with van der Waals surface area (Å²) in [5.74, 6) is -2.58. The molecule has 0 aliphatic carbocycles. The third kappa shape index (κ3) is 3.51. The van der Waals surface area contributed by atoms with Crippen LogP contribution in [0.5, 0.6) is 5.75 Å². The number of aromatic carboxylic acids is 1. The summed E-state index contributed by atoms with van der Waals surface area (Å²) in [5, 5.41) is 37.0. The Morgan fingerprint density at radius 1 is 1.46 bits per heavy atom. The Labute approximate surface area is 164 Å². The predicted molar refractivity (Wildman–Crippen MR) is 102 cm³/mol. The van der Waals surface area contributed by atoms with Gasteiger partial charge in [-0.05, 0) is 18.1 Å². The number of hydrogen-bond acceptors (Lipinski definition) is 9. The first-order valence-electron chi connectivity index (χ1n) is 8.20. The van der Waals surface area contributed by atoms with Gasteiger partial charge < -0.3 is 30.2 Å². The minimum absolute atomic E-state index is 0.0661. The molecule has 10 nitrogen and oxygen atoms in total. The minimum Gasteiger partial charge on any atom is -0.534 e. The summed E-state index contributed by atoms with van der Waals surface area (Å²) >= 11 is 1.24. The van der Waals surface area contributed by atoms with Crippen molar-refractivity contribution in [2.45, 2.75) is 12.4 Å². The molecule has 0 bridgehead atoms. The maximum Gasteiger partial charge on any atom is 0.547 e. The van der Waals surface area contributed by atoms with E-state index in [1.807, 2.05) is 0 Å². The summed E-state index contributed by atoms with van der Waals surface area (Å²) in [4.78, 5) is 29.5. The van der Waals surface area contributed by atoms with E-state index in [4.69, 9.17) is 4.65 Å². The molecular weight excluding hydrogens is 387 g/mol. The average molecular weight is 404 g/mol. The van der Waals surface area contributed by atoms with Crippen LogP contribution in [0.2, 0.25) is 0 Å². The van der Waals surface area contributed by atoms with E-state index >= 15 is 0 Å². The van der Waals surface area contributed by atoms with Crippen molar-refractivity contribution in [3.05, 3.63) is 40.4 Å². The van der Waals surface area contributed by atoms with Crippen LogP contribution in [0.4, 0.5) is 5.13 Å². The van der Waals surface area contributed by atoms with Crippen LogP contribution in [-0.4, -0.2) is 70.0 Å². The molecule has 0 radical (unpaired) electrons. The van der Waals surface area contributed by atoms with Crippen LogP contribution in [-0.2, 0) is 11.2 Å². The lowest BCUT2D eigenvalue weighted by Gasteiger charge is -2.34. The number of rotatable bonds is 5. The average Bonchev–Trinajstić information content (AvgIpc) is 3.15. The number of thiazole rings is 1. The van der Waals surface area contributed by atoms with E-state index in [9.17, 15) is 24.9 Å². The SMILES string of the molecule is CNc1nc(/C(=N/O)C(=O)N(C)[C@H]2Cc3cccc(C(=O)O)c3OB2O)cs1. The number of hydrogen-bond donors (Lipinski definition) is 4. The normalized spacial score (nSPS) is 16.2. The number of likely N-dealkylation sites (N-methyl/N-ethyl adjacent to an activating group) is 1. The topological polar surface area (TPSA) is 145 Å². The summed E-state index contributed by atoms with van der Waals surface area (Å²) in [5.41, 5.74) is 0.387. The lowest BCUT2D eigenvalue weighted by atomic mass is 9.71. The van der Waals surface area contributed by atoms with E-state index in [-0.39, 0.29) is 29.1 Å². The van der Waals surface area contributed by atoms with Crippen molar-refractivity contribution in [3.63, 3.8) is 0 Å². The molecule has 1 aliphatic heterocycles. The fraction of sp³-hybridized carbons (Fsp3) is 0.250. The van der Waals surface area contributed by atoms with Gasteiger partial charge in [0.15, 0.2) is 10.8 Å². The molecule has 12 heteroatoms. The Balaban J connectivity index is 1.86. The third-order valence-electron chi connectivity index (χ3n) is 4.40. The molecule has 4 N–H and O–H groups in total. The lowest BCUT2D eigenvalue weighted by Crippen LogP contribution is -2.55. The Kier molecular flexibility index (Phi) is 5.52. The van der Waals surface area contributed by atoms with Crippen molar-refractivity contribution in [1.82, 2.24) is 9.88 Å². The molecular formula is C16H17BN4O6S. The number of nitrogens with zero attached hydrogens (tertiary/aromatic N) is 3. The monoisotopic (exact) mass is 404 g/mol. The maximum absolute atomic E-state index is 12.8. The molecule has 1 amide bonds. The highest BCUT2D eigenvalue weighted by Crippen LogP contribution is 2.31. The lowest BCUT2D eigenvalue weighted by molar-refractivity contribution is -0.124. The van der Waals surface area contributed by atoms with E-state index < -0.39 is 24.9 Å². The van der Waals surface area contributed by atoms with E-state index in [1.165, 1.54) is 29.4 Å². The number of para-hydroxylation sites is 1. The van der Waals surface area contributed by atoms with Crippen LogP contribution < -0.4 is 9.97 Å². The van der Waals surface area contributed by atoms with Crippen molar-refractivity contribution in [1.29, 1.82) is 0 Å². The molecule has 1 aliphatic rings. The van der Waals surface area contributed by atoms with Gasteiger partial charge in [-0.2, -0.15) is 0 Å². The third-order valence-corrected chi connectivity index (χ3v) is 5.26. The number of carboxylic acid groups (broad SMARTS) is 1. The van der Waals surface area contributed by atoms with Gasteiger partial charge in [-0.15, -0.1) is 11.3 Å². The van der Waals surface area contributed by atoms with Gasteiger partial charge in [-0.3, -0.25) is 4.79 Å². The molecule has 1 aromatic carbocycles. The number of nitrogens with one attached hydrogen (secondary N) is 1. The number of carboxylic acids is 1. The van der Waals surface area contributed by atoms with Gasteiger partial charge in [0.2, 0.25) is 0 Å². The van der Waals surface area contributed by atoms with Gasteiger partial charge in [0.05, 0.1) is 11.5 Å². The second-order valence-electron chi connectivity index (χ2n) is 6.03. The number of anilines is 1. The van der Waals surface area contributed by atoms with Gasteiger partial charge in [0.1, 0.15) is 11.4 Å². The molecule has 2 aromatic rings. The van der Waals surface area contributed by atoms with E-state index in [0.717, 1.165) is 0 Å². The molecule has 0 fully saturated rings. The van der Waals surface area contributed by atoms with Crippen molar-refractivity contribution in [2.75, 3.05) is 19.4 Å². The zero-order valence-corrected chi connectivity index (χ0v) is 15.8. The number of carbonyl (C=O) groups is 2. The molecule has 146 valence electrons. The fourth-order valence-electron chi connectivity index (χ4n) is 2.93. The molecule has 1 aromatic heterocycles. The molecule has 28 heavy (non-hydrogen) atoms. The standard InChI is InChI=1S/C16H17BN4O6S/c1-18-16-19-10(7-28-16)12(20-26)14(22)21(2)11-6-8-4-3-5-9(15(23)24)13(8)27-17(11)25/h3-5,7,11,25-26H,6H2,1-2H3,(H,18,19)(H,23,24)/b20-12-/t11-/m0/s1. The highest BCUT2D eigenvalue weighted by atomic mass is 32.1. The summed E-state index contributed by atoms with van der Waals surface area (Å²) in [6.07, 6.45) is 0.164. The second-order valence-corrected chi connectivity index (χ2v) is 6.89. The van der Waals surface area contributed by atoms with Crippen molar-refractivity contribution < 1.29 is 29.6 Å². The van der Waals surface area contributed by atoms with Crippen LogP contribution in [0.3, 0.4) is 0 Å². The number of fused-ring (bicyclic) bond motifs is 1. The number of amides is 1. The molecule has 0 saturated carbocycles. The summed E-state index contributed by atoms with van der Waals surface area (Å²) in [6, 6.07) is 4.61. The zero-order chi connectivity index (χ0) is 20.4. The molecule has 0 unspecified atom stereocenters. The maximum atomic E-state index is 12.8. The number of oxime groups is 1. The van der Waals surface area contributed by atoms with Crippen molar-refractivity contribution in [2.24, 2.45) is 5.16 Å². The highest BCUT2D eigenvalue weighted by Gasteiger charge is 2.42. The number of benzene rings is 1. The Morgan fingerprint density at radius 2 is 2.21 bits per heavy atom. The number of carbonyl (C=O) groups excluding carboxylic acids is 1. The van der Waals surface area contributed by atoms with Crippen LogP contribution in [0.1, 0.15) is 21.6 Å². The largest absolute Gasteiger partial charge is 0.547 e. The fourth-order valence-corrected chi connectivity index (χ4v) is 3.58. The first-order chi connectivity index (χ1) is 13.4. The predicted octanol–water partition coefficient (Wildman–Crippen LogP) is 0.543. The molecule has 0 saturated heterocycles. The molecule has 2 heterocycles. The molecule has 3 rings (SSSR count). The minimum atomic E-state index is -1.45. The summed E-state index contributed by atoms with van der Waals surface area (Å²) < 4.78 is 5.40. The smallest absolute Gasteiger partial charge is 0.534 e. The second kappa shape index (κ2) is 7.86. The summed E-state index contributed by atoms with van der Waals surface area (Å²) in [7, 11) is 1.65. The Morgan fingerprint density at radius 3 is 2.82 bits per heavy atom.